The van der Waals surface area contributed by atoms with E-state index in [1.54, 1.807) is 6.26 Å². The second kappa shape index (κ2) is 7.81. The van der Waals surface area contributed by atoms with Gasteiger partial charge in [-0.25, -0.2) is 0 Å². The Morgan fingerprint density at radius 3 is 2.65 bits per heavy atom. The molecule has 0 fully saturated rings. The molecule has 0 unspecified atom stereocenters. The monoisotopic (exact) mass is 351 g/mol. The maximum atomic E-state index is 6.30. The number of anilines is 1. The first-order valence-corrected chi connectivity index (χ1v) is 8.18. The van der Waals surface area contributed by atoms with Crippen molar-refractivity contribution in [3.8, 4) is 0 Å². The third kappa shape index (κ3) is 4.70. The largest absolute Gasteiger partial charge is 0.468 e. The van der Waals surface area contributed by atoms with E-state index in [1.807, 2.05) is 46.1 Å². The summed E-state index contributed by atoms with van der Waals surface area (Å²) in [5, 5.41) is 7.62. The summed E-state index contributed by atoms with van der Waals surface area (Å²) in [6.07, 6.45) is 1.68. The van der Waals surface area contributed by atoms with Crippen molar-refractivity contribution < 1.29 is 4.42 Å². The summed E-state index contributed by atoms with van der Waals surface area (Å²) in [6.45, 7) is 4.66. The molecule has 0 aliphatic heterocycles. The van der Waals surface area contributed by atoms with E-state index in [2.05, 4.69) is 21.6 Å². The third-order valence-corrected chi connectivity index (χ3v) is 4.17. The predicted molar refractivity (Wildman–Crippen MR) is 100 cm³/mol. The molecular weight excluding hydrogens is 330 g/mol. The van der Waals surface area contributed by atoms with Gasteiger partial charge in [0.1, 0.15) is 5.76 Å². The van der Waals surface area contributed by atoms with Crippen molar-refractivity contribution in [1.29, 1.82) is 0 Å². The summed E-state index contributed by atoms with van der Waals surface area (Å²) in [5.74, 6) is 0.898. The van der Waals surface area contributed by atoms with Crippen LogP contribution in [0, 0.1) is 13.8 Å². The van der Waals surface area contributed by atoms with E-state index in [1.165, 1.54) is 0 Å². The second-order valence-electron chi connectivity index (χ2n) is 5.77. The van der Waals surface area contributed by atoms with Crippen LogP contribution in [-0.4, -0.2) is 30.7 Å². The SMILES string of the molecule is Cc1cc(C)c(NC(=S)NC[C@H](c2ccco2)N(C)C)c(Cl)c1. The molecule has 0 saturated heterocycles. The quantitative estimate of drug-likeness (QED) is 0.792. The molecule has 23 heavy (non-hydrogen) atoms. The van der Waals surface area contributed by atoms with E-state index in [-0.39, 0.29) is 6.04 Å². The van der Waals surface area contributed by atoms with Crippen LogP contribution in [0.3, 0.4) is 0 Å². The molecule has 0 bridgehead atoms. The minimum absolute atomic E-state index is 0.0966. The molecule has 0 amide bonds. The molecule has 1 atom stereocenters. The molecule has 2 aromatic rings. The van der Waals surface area contributed by atoms with E-state index >= 15 is 0 Å². The molecule has 0 saturated carbocycles. The molecule has 4 nitrogen and oxygen atoms in total. The Morgan fingerprint density at radius 1 is 1.35 bits per heavy atom. The van der Waals surface area contributed by atoms with Crippen LogP contribution >= 0.6 is 23.8 Å². The van der Waals surface area contributed by atoms with E-state index in [4.69, 9.17) is 28.2 Å². The fourth-order valence-electron chi connectivity index (χ4n) is 2.44. The second-order valence-corrected chi connectivity index (χ2v) is 6.58. The normalized spacial score (nSPS) is 12.3. The highest BCUT2D eigenvalue weighted by Gasteiger charge is 2.17. The van der Waals surface area contributed by atoms with E-state index in [9.17, 15) is 0 Å². The number of likely N-dealkylation sites (N-methyl/N-ethyl adjacent to an activating group) is 1. The van der Waals surface area contributed by atoms with Gasteiger partial charge in [-0.2, -0.15) is 0 Å². The Balaban J connectivity index is 2.00. The Labute approximate surface area is 147 Å². The van der Waals surface area contributed by atoms with Gasteiger partial charge in [0, 0.05) is 6.54 Å². The molecule has 0 spiro atoms. The molecule has 124 valence electrons. The zero-order valence-electron chi connectivity index (χ0n) is 13.8. The number of hydrogen-bond acceptors (Lipinski definition) is 3. The lowest BCUT2D eigenvalue weighted by Gasteiger charge is -2.23. The number of thiocarbonyl (C=S) groups is 1. The number of aryl methyl sites for hydroxylation is 2. The first kappa shape index (κ1) is 17.8. The van der Waals surface area contributed by atoms with Gasteiger partial charge in [-0.1, -0.05) is 17.7 Å². The predicted octanol–water partition coefficient (Wildman–Crippen LogP) is 4.14. The first-order valence-electron chi connectivity index (χ1n) is 7.40. The number of benzene rings is 1. The van der Waals surface area contributed by atoms with Crippen molar-refractivity contribution in [3.05, 3.63) is 52.4 Å². The fraction of sp³-hybridized carbons (Fsp3) is 0.353. The van der Waals surface area contributed by atoms with Gasteiger partial charge in [0.25, 0.3) is 0 Å². The summed E-state index contributed by atoms with van der Waals surface area (Å²) in [7, 11) is 4.01. The standard InChI is InChI=1S/C17H22ClN3OS/c1-11-8-12(2)16(13(18)9-11)20-17(23)19-10-14(21(3)4)15-6-5-7-22-15/h5-9,14H,10H2,1-4H3,(H2,19,20,23)/t14-/m1/s1. The maximum absolute atomic E-state index is 6.30. The van der Waals surface area contributed by atoms with Crippen LogP contribution in [0.2, 0.25) is 5.02 Å². The highest BCUT2D eigenvalue weighted by atomic mass is 35.5. The molecule has 1 aromatic heterocycles. The molecule has 1 heterocycles. The summed E-state index contributed by atoms with van der Waals surface area (Å²) in [4.78, 5) is 2.08. The van der Waals surface area contributed by atoms with Crippen LogP contribution in [0.1, 0.15) is 22.9 Å². The molecular formula is C17H22ClN3OS. The Kier molecular flexibility index (Phi) is 6.04. The minimum atomic E-state index is 0.0966. The fourth-order valence-corrected chi connectivity index (χ4v) is 2.99. The van der Waals surface area contributed by atoms with Crippen molar-refractivity contribution in [1.82, 2.24) is 10.2 Å². The molecule has 2 rings (SSSR count). The highest BCUT2D eigenvalue weighted by molar-refractivity contribution is 7.80. The van der Waals surface area contributed by atoms with Gasteiger partial charge in [-0.3, -0.25) is 4.90 Å². The van der Waals surface area contributed by atoms with Gasteiger partial charge in [-0.15, -0.1) is 0 Å². The number of nitrogens with one attached hydrogen (secondary N) is 2. The molecule has 0 radical (unpaired) electrons. The van der Waals surface area contributed by atoms with E-state index < -0.39 is 0 Å². The van der Waals surface area contributed by atoms with Crippen molar-refractivity contribution >= 4 is 34.6 Å². The Bertz CT molecular complexity index is 647. The summed E-state index contributed by atoms with van der Waals surface area (Å²) in [6, 6.07) is 7.94. The minimum Gasteiger partial charge on any atom is -0.468 e. The van der Waals surface area contributed by atoms with Crippen LogP contribution in [0.5, 0.6) is 0 Å². The van der Waals surface area contributed by atoms with Gasteiger partial charge in [-0.05, 0) is 69.5 Å². The van der Waals surface area contributed by atoms with Crippen LogP contribution in [0.15, 0.2) is 34.9 Å². The maximum Gasteiger partial charge on any atom is 0.170 e. The molecule has 2 N–H and O–H groups in total. The van der Waals surface area contributed by atoms with Crippen molar-refractivity contribution in [2.24, 2.45) is 0 Å². The number of rotatable bonds is 5. The number of hydrogen-bond donors (Lipinski definition) is 2. The van der Waals surface area contributed by atoms with Crippen LogP contribution in [0.4, 0.5) is 5.69 Å². The lowest BCUT2D eigenvalue weighted by molar-refractivity contribution is 0.259. The van der Waals surface area contributed by atoms with Crippen LogP contribution in [0.25, 0.3) is 0 Å². The van der Waals surface area contributed by atoms with Gasteiger partial charge in [0.05, 0.1) is 23.0 Å². The van der Waals surface area contributed by atoms with Crippen LogP contribution in [-0.2, 0) is 0 Å². The average molecular weight is 352 g/mol. The van der Waals surface area contributed by atoms with Crippen molar-refractivity contribution in [3.63, 3.8) is 0 Å². The van der Waals surface area contributed by atoms with Gasteiger partial charge < -0.3 is 15.1 Å². The lowest BCUT2D eigenvalue weighted by Crippen LogP contribution is -2.36. The zero-order valence-corrected chi connectivity index (χ0v) is 15.4. The number of nitrogens with zero attached hydrogens (tertiary/aromatic N) is 1. The molecule has 0 aliphatic carbocycles. The summed E-state index contributed by atoms with van der Waals surface area (Å²) >= 11 is 11.7. The van der Waals surface area contributed by atoms with Gasteiger partial charge in [0.2, 0.25) is 0 Å². The van der Waals surface area contributed by atoms with E-state index in [0.29, 0.717) is 16.7 Å². The Morgan fingerprint density at radius 2 is 2.09 bits per heavy atom. The average Bonchev–Trinajstić information content (AvgIpc) is 2.96. The van der Waals surface area contributed by atoms with Crippen molar-refractivity contribution in [2.75, 3.05) is 26.0 Å². The zero-order chi connectivity index (χ0) is 17.0. The van der Waals surface area contributed by atoms with Crippen molar-refractivity contribution in [2.45, 2.75) is 19.9 Å². The molecule has 6 heteroatoms. The van der Waals surface area contributed by atoms with Crippen LogP contribution < -0.4 is 10.6 Å². The van der Waals surface area contributed by atoms with Gasteiger partial charge in [0.15, 0.2) is 5.11 Å². The highest BCUT2D eigenvalue weighted by Crippen LogP contribution is 2.27. The van der Waals surface area contributed by atoms with Gasteiger partial charge >= 0.3 is 0 Å². The smallest absolute Gasteiger partial charge is 0.170 e. The number of furan rings is 1. The first-order chi connectivity index (χ1) is 10.9. The molecule has 0 aliphatic rings. The molecule has 1 aromatic carbocycles. The topological polar surface area (TPSA) is 40.4 Å². The number of halogens is 1. The Hall–Kier alpha value is -1.56. The lowest BCUT2D eigenvalue weighted by atomic mass is 10.1. The summed E-state index contributed by atoms with van der Waals surface area (Å²) in [5.41, 5.74) is 3.03. The van der Waals surface area contributed by atoms with E-state index in [0.717, 1.165) is 22.6 Å². The summed E-state index contributed by atoms with van der Waals surface area (Å²) < 4.78 is 5.49. The third-order valence-electron chi connectivity index (χ3n) is 3.62.